The average Bonchev–Trinajstić information content (AvgIpc) is 2.71. The van der Waals surface area contributed by atoms with Gasteiger partial charge >= 0.3 is 17.1 Å². The van der Waals surface area contributed by atoms with Crippen molar-refractivity contribution in [2.45, 2.75) is 26.3 Å². The largest absolute Gasteiger partial charge is 0.493 e. The van der Waals surface area contributed by atoms with Crippen molar-refractivity contribution in [3.05, 3.63) is 80.5 Å². The van der Waals surface area contributed by atoms with Crippen molar-refractivity contribution in [1.29, 1.82) is 0 Å². The van der Waals surface area contributed by atoms with Gasteiger partial charge in [-0.25, -0.2) is 23.5 Å². The number of quaternary nitrogens is 1. The molecule has 0 fully saturated rings. The van der Waals surface area contributed by atoms with Crippen LogP contribution in [0.25, 0.3) is 0 Å². The Bertz CT molecular complexity index is 1020. The first kappa shape index (κ1) is 22.0. The second-order valence-electron chi connectivity index (χ2n) is 6.56. The minimum atomic E-state index is -0.673. The highest BCUT2D eigenvalue weighted by atomic mass is 16.5. The summed E-state index contributed by atoms with van der Waals surface area (Å²) in [6.07, 6.45) is 2.88. The molecule has 0 aliphatic heterocycles. The van der Waals surface area contributed by atoms with Crippen molar-refractivity contribution >= 4 is 0 Å². The topological polar surface area (TPSA) is 88.9 Å². The number of methoxy groups -OCH3 is 2. The smallest absolute Gasteiger partial charge is 0.341 e. The number of benzene rings is 1. The van der Waals surface area contributed by atoms with Crippen LogP contribution in [0.3, 0.4) is 0 Å². The number of hydrogen-bond donors (Lipinski definition) is 1. The van der Waals surface area contributed by atoms with E-state index in [9.17, 15) is 14.4 Å². The first-order valence-electron chi connectivity index (χ1n) is 9.06. The van der Waals surface area contributed by atoms with Gasteiger partial charge < -0.3 is 14.4 Å². The molecule has 0 spiro atoms. The van der Waals surface area contributed by atoms with E-state index in [-0.39, 0.29) is 19.8 Å². The van der Waals surface area contributed by atoms with Gasteiger partial charge in [0.25, 0.3) is 0 Å². The maximum atomic E-state index is 12.7. The Morgan fingerprint density at radius 1 is 0.897 bits per heavy atom. The van der Waals surface area contributed by atoms with Crippen LogP contribution in [0.2, 0.25) is 0 Å². The predicted octanol–water partition coefficient (Wildman–Crippen LogP) is -0.767. The molecule has 0 radical (unpaired) electrons. The summed E-state index contributed by atoms with van der Waals surface area (Å²) < 4.78 is 13.6. The summed E-state index contributed by atoms with van der Waals surface area (Å²) in [5, 5.41) is 0. The van der Waals surface area contributed by atoms with E-state index in [1.54, 1.807) is 20.3 Å². The molecule has 1 aromatic carbocycles. The fraction of sp³-hybridized carbons (Fsp3) is 0.350. The van der Waals surface area contributed by atoms with Crippen LogP contribution in [0.1, 0.15) is 5.56 Å². The Kier molecular flexibility index (Phi) is 7.38. The minimum absolute atomic E-state index is 0.0177. The lowest BCUT2D eigenvalue weighted by molar-refractivity contribution is -0.917. The molecule has 1 aromatic heterocycles. The lowest BCUT2D eigenvalue weighted by Crippen LogP contribution is -3.07. The summed E-state index contributed by atoms with van der Waals surface area (Å²) in [6, 6.07) is 5.54. The van der Waals surface area contributed by atoms with Crippen LogP contribution < -0.4 is 31.4 Å². The lowest BCUT2D eigenvalue weighted by atomic mass is 10.2. The summed E-state index contributed by atoms with van der Waals surface area (Å²) >= 11 is 0. The monoisotopic (exact) mass is 403 g/mol. The number of rotatable bonds is 10. The molecule has 1 unspecified atom stereocenters. The maximum Gasteiger partial charge on any atom is 0.341 e. The molecule has 0 saturated carbocycles. The van der Waals surface area contributed by atoms with Crippen LogP contribution >= 0.6 is 0 Å². The van der Waals surface area contributed by atoms with Gasteiger partial charge in [-0.2, -0.15) is 4.57 Å². The van der Waals surface area contributed by atoms with Gasteiger partial charge in [0.15, 0.2) is 18.2 Å². The highest BCUT2D eigenvalue weighted by Crippen LogP contribution is 2.27. The quantitative estimate of drug-likeness (QED) is 0.527. The number of aromatic nitrogens is 3. The first-order chi connectivity index (χ1) is 13.9. The van der Waals surface area contributed by atoms with Crippen LogP contribution in [0.15, 0.2) is 57.9 Å². The van der Waals surface area contributed by atoms with Gasteiger partial charge in [0.2, 0.25) is 0 Å². The molecule has 156 valence electrons. The van der Waals surface area contributed by atoms with Crippen molar-refractivity contribution < 1.29 is 14.4 Å². The molecule has 0 aliphatic rings. The van der Waals surface area contributed by atoms with Crippen LogP contribution in [0.4, 0.5) is 0 Å². The number of nitrogens with one attached hydrogen (secondary N) is 1. The van der Waals surface area contributed by atoms with E-state index in [1.165, 1.54) is 12.2 Å². The first-order valence-corrected chi connectivity index (χ1v) is 9.06. The van der Waals surface area contributed by atoms with Crippen molar-refractivity contribution in [2.75, 3.05) is 21.3 Å². The zero-order valence-electron chi connectivity index (χ0n) is 17.0. The van der Waals surface area contributed by atoms with E-state index >= 15 is 0 Å². The van der Waals surface area contributed by atoms with Crippen LogP contribution in [0.5, 0.6) is 11.5 Å². The highest BCUT2D eigenvalue weighted by molar-refractivity contribution is 5.42. The normalized spacial score (nSPS) is 11.7. The van der Waals surface area contributed by atoms with Gasteiger partial charge in [0.05, 0.1) is 34.4 Å². The molecule has 9 heteroatoms. The van der Waals surface area contributed by atoms with Crippen LogP contribution in [0, 0.1) is 0 Å². The summed E-state index contributed by atoms with van der Waals surface area (Å²) in [7, 11) is 4.97. The maximum absolute atomic E-state index is 12.7. The lowest BCUT2D eigenvalue weighted by Gasteiger charge is -2.18. The third kappa shape index (κ3) is 4.75. The molecular formula is C20H27N4O5+. The second-order valence-corrected chi connectivity index (χ2v) is 6.56. The zero-order valence-corrected chi connectivity index (χ0v) is 17.0. The van der Waals surface area contributed by atoms with Gasteiger partial charge in [-0.05, 0) is 18.2 Å². The summed E-state index contributed by atoms with van der Waals surface area (Å²) in [5.74, 6) is 1.22. The molecule has 2 aromatic rings. The number of ether oxygens (including phenoxy) is 2. The molecule has 1 N–H and O–H groups in total. The molecule has 0 aliphatic carbocycles. The third-order valence-corrected chi connectivity index (χ3v) is 4.39. The van der Waals surface area contributed by atoms with E-state index in [1.807, 2.05) is 19.2 Å². The SMILES string of the molecule is C=CCn1c(=O)n(CC=C)c(=O)n(C[NH+](C)Cc2ccc(OC)c(OC)c2)c1=O. The molecule has 29 heavy (non-hydrogen) atoms. The molecule has 0 saturated heterocycles. The van der Waals surface area contributed by atoms with Crippen molar-refractivity contribution in [3.63, 3.8) is 0 Å². The van der Waals surface area contributed by atoms with Crippen LogP contribution in [-0.4, -0.2) is 35.0 Å². The molecule has 9 nitrogen and oxygen atoms in total. The number of nitrogens with zero attached hydrogens (tertiary/aromatic N) is 3. The average molecular weight is 403 g/mol. The van der Waals surface area contributed by atoms with Crippen LogP contribution in [-0.2, 0) is 26.3 Å². The van der Waals surface area contributed by atoms with Crippen molar-refractivity contribution in [2.24, 2.45) is 0 Å². The Morgan fingerprint density at radius 3 is 1.90 bits per heavy atom. The summed E-state index contributed by atoms with van der Waals surface area (Å²) in [5.41, 5.74) is -1.05. The molecular weight excluding hydrogens is 376 g/mol. The van der Waals surface area contributed by atoms with Crippen molar-refractivity contribution in [3.8, 4) is 11.5 Å². The number of hydrogen-bond acceptors (Lipinski definition) is 5. The number of allylic oxidation sites excluding steroid dienone is 2. The standard InChI is InChI=1S/C20H26N4O5/c1-6-10-22-18(25)23(11-7-2)20(27)24(19(22)26)14-21(3)13-15-8-9-16(28-4)17(12-15)29-5/h6-9,12H,1-2,10-11,13-14H2,3-5H3/p+1. The summed E-state index contributed by atoms with van der Waals surface area (Å²) in [6.45, 7) is 7.78. The predicted molar refractivity (Wildman–Crippen MR) is 110 cm³/mol. The molecule has 1 atom stereocenters. The Labute approximate surface area is 168 Å². The molecule has 1 heterocycles. The summed E-state index contributed by atoms with van der Waals surface area (Å²) in [4.78, 5) is 38.7. The van der Waals surface area contributed by atoms with E-state index < -0.39 is 17.1 Å². The Morgan fingerprint density at radius 2 is 1.41 bits per heavy atom. The van der Waals surface area contributed by atoms with Gasteiger partial charge in [-0.1, -0.05) is 12.2 Å². The third-order valence-electron chi connectivity index (χ3n) is 4.39. The van der Waals surface area contributed by atoms with E-state index in [2.05, 4.69) is 13.2 Å². The molecule has 0 bridgehead atoms. The second kappa shape index (κ2) is 9.74. The van der Waals surface area contributed by atoms with Gasteiger partial charge in [-0.3, -0.25) is 0 Å². The minimum Gasteiger partial charge on any atom is -0.493 e. The molecule has 2 rings (SSSR count). The molecule has 0 amide bonds. The van der Waals surface area contributed by atoms with Crippen molar-refractivity contribution in [1.82, 2.24) is 13.7 Å². The van der Waals surface area contributed by atoms with E-state index in [0.29, 0.717) is 18.0 Å². The fourth-order valence-electron chi connectivity index (χ4n) is 3.05. The zero-order chi connectivity index (χ0) is 21.6. The van der Waals surface area contributed by atoms with Gasteiger partial charge in [0.1, 0.15) is 6.54 Å². The van der Waals surface area contributed by atoms with E-state index in [0.717, 1.165) is 24.2 Å². The Balaban J connectivity index is 2.39. The Hall–Kier alpha value is -3.33. The highest BCUT2D eigenvalue weighted by Gasteiger charge is 2.17. The van der Waals surface area contributed by atoms with E-state index in [4.69, 9.17) is 9.47 Å². The van der Waals surface area contributed by atoms with Gasteiger partial charge in [-0.15, -0.1) is 13.2 Å². The van der Waals surface area contributed by atoms with Gasteiger partial charge in [0, 0.05) is 5.56 Å². The fourth-order valence-corrected chi connectivity index (χ4v) is 3.05.